The van der Waals surface area contributed by atoms with Crippen LogP contribution in [0.3, 0.4) is 0 Å². The number of likely N-dealkylation sites (tertiary alicyclic amines) is 1. The van der Waals surface area contributed by atoms with Crippen LogP contribution < -0.4 is 0 Å². The number of hydrogen-bond donors (Lipinski definition) is 3. The van der Waals surface area contributed by atoms with Crippen LogP contribution in [0.2, 0.25) is 0 Å². The molecule has 0 saturated carbocycles. The van der Waals surface area contributed by atoms with Crippen LogP contribution in [0.1, 0.15) is 26.2 Å². The van der Waals surface area contributed by atoms with E-state index >= 15 is 0 Å². The lowest BCUT2D eigenvalue weighted by Gasteiger charge is -2.40. The van der Waals surface area contributed by atoms with Crippen LogP contribution in [0.25, 0.3) is 0 Å². The van der Waals surface area contributed by atoms with Crippen molar-refractivity contribution >= 4 is 16.9 Å². The molecular weight excluding hydrogens is 280 g/mol. The molecule has 20 heavy (non-hydrogen) atoms. The number of amidine groups is 1. The van der Waals surface area contributed by atoms with Gasteiger partial charge in [0.25, 0.3) is 0 Å². The molecule has 0 aromatic rings. The first kappa shape index (κ1) is 14.6. The molecule has 3 rings (SSSR count). The fraction of sp³-hybridized carbons (Fsp3) is 0.923. The molecule has 2 saturated heterocycles. The van der Waals surface area contributed by atoms with Gasteiger partial charge in [-0.3, -0.25) is 4.99 Å². The quantitative estimate of drug-likeness (QED) is 0.653. The van der Waals surface area contributed by atoms with Gasteiger partial charge in [0.05, 0.1) is 6.10 Å². The first-order valence-electron chi connectivity index (χ1n) is 7.31. The van der Waals surface area contributed by atoms with E-state index in [0.717, 1.165) is 31.1 Å². The second-order valence-corrected chi connectivity index (χ2v) is 6.71. The summed E-state index contributed by atoms with van der Waals surface area (Å²) in [5.41, 5.74) is -0.310. The van der Waals surface area contributed by atoms with E-state index in [1.807, 2.05) is 6.92 Å². The largest absolute Gasteiger partial charge is 0.390 e. The molecule has 0 aromatic carbocycles. The normalized spacial score (nSPS) is 42.5. The SMILES string of the molecule is CC[C@H](O)[C@H]1O[C@@H]2SC(N3CCCC3)=N[C@@H]2[C@@H](O)[C@@H]1O. The van der Waals surface area contributed by atoms with Crippen LogP contribution >= 0.6 is 11.8 Å². The fourth-order valence-corrected chi connectivity index (χ4v) is 4.25. The van der Waals surface area contributed by atoms with Crippen LogP contribution in [0.15, 0.2) is 4.99 Å². The third-order valence-corrected chi connectivity index (χ3v) is 5.46. The minimum atomic E-state index is -1.09. The van der Waals surface area contributed by atoms with Gasteiger partial charge in [-0.15, -0.1) is 0 Å². The van der Waals surface area contributed by atoms with Crippen molar-refractivity contribution in [2.45, 2.75) is 62.1 Å². The Bertz CT molecular complexity index is 389. The Morgan fingerprint density at radius 3 is 2.70 bits per heavy atom. The number of aliphatic imine (C=N–C) groups is 1. The van der Waals surface area contributed by atoms with E-state index in [-0.39, 0.29) is 5.44 Å². The summed E-state index contributed by atoms with van der Waals surface area (Å²) in [7, 11) is 0. The van der Waals surface area contributed by atoms with Crippen LogP contribution in [0, 0.1) is 0 Å². The average molecular weight is 302 g/mol. The third kappa shape index (κ3) is 2.46. The van der Waals surface area contributed by atoms with Crippen LogP contribution in [0.4, 0.5) is 0 Å². The minimum absolute atomic E-state index is 0.310. The Morgan fingerprint density at radius 2 is 2.05 bits per heavy atom. The van der Waals surface area contributed by atoms with E-state index in [0.29, 0.717) is 6.42 Å². The topological polar surface area (TPSA) is 85.5 Å². The van der Waals surface area contributed by atoms with Crippen LogP contribution in [0.5, 0.6) is 0 Å². The summed E-state index contributed by atoms with van der Waals surface area (Å²) in [6, 6.07) is -0.439. The molecule has 0 radical (unpaired) electrons. The molecule has 0 aromatic heterocycles. The molecule has 0 bridgehead atoms. The van der Waals surface area contributed by atoms with Gasteiger partial charge in [-0.2, -0.15) is 0 Å². The maximum absolute atomic E-state index is 10.2. The van der Waals surface area contributed by atoms with Gasteiger partial charge in [0, 0.05) is 13.1 Å². The summed E-state index contributed by atoms with van der Waals surface area (Å²) in [6.07, 6.45) is -0.762. The number of fused-ring (bicyclic) bond motifs is 1. The van der Waals surface area contributed by atoms with Gasteiger partial charge in [-0.1, -0.05) is 18.7 Å². The fourth-order valence-electron chi connectivity index (χ4n) is 2.98. The van der Waals surface area contributed by atoms with Crippen LogP contribution in [-0.2, 0) is 4.74 Å². The number of hydrogen-bond acceptors (Lipinski definition) is 7. The number of aliphatic hydroxyl groups excluding tert-OH is 3. The van der Waals surface area contributed by atoms with Crippen molar-refractivity contribution in [1.29, 1.82) is 0 Å². The van der Waals surface area contributed by atoms with E-state index in [2.05, 4.69) is 9.89 Å². The summed E-state index contributed by atoms with van der Waals surface area (Å²) in [4.78, 5) is 6.74. The highest BCUT2D eigenvalue weighted by atomic mass is 32.2. The van der Waals surface area contributed by atoms with E-state index in [1.54, 1.807) is 0 Å². The highest BCUT2D eigenvalue weighted by Crippen LogP contribution is 2.39. The second-order valence-electron chi connectivity index (χ2n) is 5.64. The maximum atomic E-state index is 10.2. The summed E-state index contributed by atoms with van der Waals surface area (Å²) in [5, 5.41) is 31.2. The Labute approximate surface area is 122 Å². The molecule has 114 valence electrons. The lowest BCUT2D eigenvalue weighted by molar-refractivity contribution is -0.185. The lowest BCUT2D eigenvalue weighted by atomic mass is 9.94. The molecule has 6 nitrogen and oxygen atoms in total. The minimum Gasteiger partial charge on any atom is -0.390 e. The standard InChI is InChI=1S/C13H22N2O4S/c1-2-7(16)11-10(18)9(17)8-12(19-11)20-13(14-8)15-5-3-4-6-15/h7-12,16-18H,2-6H2,1H3/t7-,8+,9+,10-,11+,12+/m0/s1. The number of ether oxygens (including phenoxy) is 1. The van der Waals surface area contributed by atoms with E-state index in [4.69, 9.17) is 4.74 Å². The molecule has 3 aliphatic rings. The van der Waals surface area contributed by atoms with Crippen molar-refractivity contribution in [3.63, 3.8) is 0 Å². The van der Waals surface area contributed by atoms with Gasteiger partial charge in [0.15, 0.2) is 5.17 Å². The van der Waals surface area contributed by atoms with Crippen LogP contribution in [-0.4, -0.2) is 74.4 Å². The molecule has 0 spiro atoms. The number of rotatable bonds is 2. The van der Waals surface area contributed by atoms with Crippen molar-refractivity contribution in [2.75, 3.05) is 13.1 Å². The van der Waals surface area contributed by atoms with Crippen molar-refractivity contribution in [3.05, 3.63) is 0 Å². The first-order chi connectivity index (χ1) is 9.61. The average Bonchev–Trinajstić information content (AvgIpc) is 3.10. The number of thioether (sulfide) groups is 1. The summed E-state index contributed by atoms with van der Waals surface area (Å²) in [5.74, 6) is 0. The summed E-state index contributed by atoms with van der Waals surface area (Å²) in [6.45, 7) is 3.81. The molecule has 3 heterocycles. The van der Waals surface area contributed by atoms with Gasteiger partial charge in [-0.05, 0) is 19.3 Å². The summed E-state index contributed by atoms with van der Waals surface area (Å²) < 4.78 is 5.80. The van der Waals surface area contributed by atoms with E-state index < -0.39 is 30.5 Å². The van der Waals surface area contributed by atoms with Gasteiger partial charge in [0.1, 0.15) is 29.8 Å². The molecule has 0 unspecified atom stereocenters. The molecule has 2 fully saturated rings. The summed E-state index contributed by atoms with van der Waals surface area (Å²) >= 11 is 1.50. The van der Waals surface area contributed by atoms with Crippen molar-refractivity contribution in [3.8, 4) is 0 Å². The second kappa shape index (κ2) is 5.81. The molecule has 0 aliphatic carbocycles. The van der Waals surface area contributed by atoms with Gasteiger partial charge < -0.3 is 25.0 Å². The highest BCUT2D eigenvalue weighted by Gasteiger charge is 2.50. The van der Waals surface area contributed by atoms with Crippen molar-refractivity contribution in [1.82, 2.24) is 4.90 Å². The van der Waals surface area contributed by atoms with Gasteiger partial charge in [0.2, 0.25) is 0 Å². The van der Waals surface area contributed by atoms with Crippen molar-refractivity contribution < 1.29 is 20.1 Å². The predicted molar refractivity (Wildman–Crippen MR) is 76.6 cm³/mol. The number of nitrogens with zero attached hydrogens (tertiary/aromatic N) is 2. The molecule has 6 atom stereocenters. The Morgan fingerprint density at radius 1 is 1.35 bits per heavy atom. The molecule has 0 amide bonds. The zero-order chi connectivity index (χ0) is 14.3. The molecule has 7 heteroatoms. The zero-order valence-electron chi connectivity index (χ0n) is 11.6. The zero-order valence-corrected chi connectivity index (χ0v) is 12.4. The van der Waals surface area contributed by atoms with E-state index in [1.165, 1.54) is 11.8 Å². The lowest BCUT2D eigenvalue weighted by Crippen LogP contribution is -2.58. The predicted octanol–water partition coefficient (Wildman–Crippen LogP) is -0.229. The smallest absolute Gasteiger partial charge is 0.162 e. The Hall–Kier alpha value is -0.340. The Kier molecular flexibility index (Phi) is 4.24. The molecule has 3 N–H and O–H groups in total. The number of aliphatic hydroxyl groups is 3. The molecular formula is C13H22N2O4S. The highest BCUT2D eigenvalue weighted by molar-refractivity contribution is 8.14. The Balaban J connectivity index is 1.73. The van der Waals surface area contributed by atoms with Gasteiger partial charge >= 0.3 is 0 Å². The first-order valence-corrected chi connectivity index (χ1v) is 8.19. The van der Waals surface area contributed by atoms with Crippen molar-refractivity contribution in [2.24, 2.45) is 4.99 Å². The monoisotopic (exact) mass is 302 g/mol. The third-order valence-electron chi connectivity index (χ3n) is 4.26. The molecule has 3 aliphatic heterocycles. The maximum Gasteiger partial charge on any atom is 0.162 e. The van der Waals surface area contributed by atoms with Gasteiger partial charge in [-0.25, -0.2) is 0 Å². The van der Waals surface area contributed by atoms with E-state index in [9.17, 15) is 15.3 Å².